The molecule has 0 radical (unpaired) electrons. The normalized spacial score (nSPS) is 13.1. The maximum absolute atomic E-state index is 11.9. The number of rotatable bonds is 4. The van der Waals surface area contributed by atoms with Crippen molar-refractivity contribution < 1.29 is 17.9 Å². The lowest BCUT2D eigenvalue weighted by Crippen LogP contribution is -2.25. The second-order valence-corrected chi connectivity index (χ2v) is 6.15. The fourth-order valence-electron chi connectivity index (χ4n) is 1.23. The van der Waals surface area contributed by atoms with Gasteiger partial charge in [0.25, 0.3) is 0 Å². The molecule has 1 aromatic carbocycles. The summed E-state index contributed by atoms with van der Waals surface area (Å²) in [5.41, 5.74) is 0.958. The van der Waals surface area contributed by atoms with Crippen molar-refractivity contribution in [3.8, 4) is 0 Å². The van der Waals surface area contributed by atoms with Gasteiger partial charge in [0.2, 0.25) is 0 Å². The Labute approximate surface area is 105 Å². The van der Waals surface area contributed by atoms with E-state index in [1.54, 1.807) is 12.1 Å². The van der Waals surface area contributed by atoms with E-state index in [1.165, 1.54) is 12.1 Å². The Balaban J connectivity index is 2.89. The average Bonchev–Trinajstić information content (AvgIpc) is 2.27. The lowest BCUT2D eigenvalue weighted by Gasteiger charge is -2.08. The summed E-state index contributed by atoms with van der Waals surface area (Å²) in [7, 11) is -2.40. The Bertz CT molecular complexity index is 493. The molecule has 0 aliphatic rings. The Morgan fingerprint density at radius 2 is 1.88 bits per heavy atom. The zero-order valence-corrected chi connectivity index (χ0v) is 11.1. The van der Waals surface area contributed by atoms with E-state index >= 15 is 0 Å². The van der Waals surface area contributed by atoms with Gasteiger partial charge in [0, 0.05) is 0 Å². The summed E-state index contributed by atoms with van der Waals surface area (Å²) in [4.78, 5) is 11.2. The first-order valence-electron chi connectivity index (χ1n) is 4.88. The third-order valence-electron chi connectivity index (χ3n) is 2.20. The van der Waals surface area contributed by atoms with Gasteiger partial charge < -0.3 is 4.74 Å². The number of esters is 1. The van der Waals surface area contributed by atoms with Crippen LogP contribution in [0.15, 0.2) is 29.2 Å². The van der Waals surface area contributed by atoms with E-state index in [4.69, 9.17) is 11.6 Å². The third-order valence-corrected chi connectivity index (χ3v) is 4.48. The third kappa shape index (κ3) is 3.71. The fourth-order valence-corrected chi connectivity index (χ4v) is 3.08. The minimum absolute atomic E-state index is 0.151. The number of alkyl halides is 1. The van der Waals surface area contributed by atoms with E-state index in [9.17, 15) is 13.2 Å². The number of sulfone groups is 1. The second kappa shape index (κ2) is 5.51. The Morgan fingerprint density at radius 3 is 2.35 bits per heavy atom. The van der Waals surface area contributed by atoms with Crippen LogP contribution in [-0.2, 0) is 19.4 Å². The van der Waals surface area contributed by atoms with Crippen molar-refractivity contribution in [2.24, 2.45) is 0 Å². The minimum Gasteiger partial charge on any atom is -0.468 e. The molecule has 0 N–H and O–H groups in total. The number of halogens is 1. The molecular weight excluding hydrogens is 264 g/mol. The van der Waals surface area contributed by atoms with Crippen LogP contribution in [0.1, 0.15) is 5.56 Å². The largest absolute Gasteiger partial charge is 0.468 e. The molecule has 94 valence electrons. The predicted octanol–water partition coefficient (Wildman–Crippen LogP) is 1.55. The number of carbonyl (C=O) groups excluding carboxylic acids is 1. The van der Waals surface area contributed by atoms with Crippen LogP contribution in [0.3, 0.4) is 0 Å². The highest BCUT2D eigenvalue weighted by Crippen LogP contribution is 2.15. The molecular formula is C11H13ClO4S. The second-order valence-electron chi connectivity index (χ2n) is 3.59. The number of hydrogen-bond donors (Lipinski definition) is 0. The van der Waals surface area contributed by atoms with Gasteiger partial charge in [-0.25, -0.2) is 8.42 Å². The first-order valence-corrected chi connectivity index (χ1v) is 6.97. The Hall–Kier alpha value is -1.07. The van der Waals surface area contributed by atoms with Gasteiger partial charge in [-0.1, -0.05) is 17.7 Å². The minimum atomic E-state index is -3.56. The topological polar surface area (TPSA) is 60.4 Å². The zero-order valence-electron chi connectivity index (χ0n) is 9.51. The van der Waals surface area contributed by atoms with E-state index in [0.29, 0.717) is 0 Å². The van der Waals surface area contributed by atoms with Crippen molar-refractivity contribution in [3.63, 3.8) is 0 Å². The zero-order chi connectivity index (χ0) is 13.1. The molecule has 0 saturated heterocycles. The number of benzene rings is 1. The van der Waals surface area contributed by atoms with Crippen molar-refractivity contribution in [2.45, 2.75) is 17.2 Å². The molecule has 0 aliphatic heterocycles. The quantitative estimate of drug-likeness (QED) is 0.618. The number of hydrogen-bond acceptors (Lipinski definition) is 4. The van der Waals surface area contributed by atoms with E-state index in [1.807, 2.05) is 6.92 Å². The molecule has 1 atom stereocenters. The smallest absolute Gasteiger partial charge is 0.324 e. The molecule has 0 unspecified atom stereocenters. The van der Waals surface area contributed by atoms with Gasteiger partial charge in [0.15, 0.2) is 9.84 Å². The molecule has 0 amide bonds. The summed E-state index contributed by atoms with van der Waals surface area (Å²) >= 11 is 5.64. The summed E-state index contributed by atoms with van der Waals surface area (Å²) in [6, 6.07) is 6.36. The van der Waals surface area contributed by atoms with Gasteiger partial charge in [-0.3, -0.25) is 4.79 Å². The lowest BCUT2D eigenvalue weighted by atomic mass is 10.2. The summed E-state index contributed by atoms with van der Waals surface area (Å²) in [5.74, 6) is -1.22. The van der Waals surface area contributed by atoms with Gasteiger partial charge >= 0.3 is 5.97 Å². The number of methoxy groups -OCH3 is 1. The summed E-state index contributed by atoms with van der Waals surface area (Å²) in [6.45, 7) is 1.86. The molecule has 0 aliphatic carbocycles. The van der Waals surface area contributed by atoms with Crippen LogP contribution in [0.5, 0.6) is 0 Å². The molecule has 0 bridgehead atoms. The van der Waals surface area contributed by atoms with E-state index in [0.717, 1.165) is 12.7 Å². The van der Waals surface area contributed by atoms with Crippen molar-refractivity contribution in [1.82, 2.24) is 0 Å². The molecule has 4 nitrogen and oxygen atoms in total. The SMILES string of the molecule is COC(=O)[C@H](Cl)CS(=O)(=O)c1ccc(C)cc1. The maximum Gasteiger partial charge on any atom is 0.324 e. The average molecular weight is 277 g/mol. The molecule has 0 saturated carbocycles. The molecule has 1 aromatic rings. The molecule has 0 spiro atoms. The van der Waals surface area contributed by atoms with Crippen LogP contribution in [0.2, 0.25) is 0 Å². The van der Waals surface area contributed by atoms with Crippen LogP contribution in [0, 0.1) is 6.92 Å². The van der Waals surface area contributed by atoms with Crippen molar-refractivity contribution in [3.05, 3.63) is 29.8 Å². The predicted molar refractivity (Wildman–Crippen MR) is 64.9 cm³/mol. The molecule has 0 aromatic heterocycles. The number of ether oxygens (including phenoxy) is 1. The van der Waals surface area contributed by atoms with Crippen LogP contribution >= 0.6 is 11.6 Å². The highest BCUT2D eigenvalue weighted by molar-refractivity contribution is 7.91. The van der Waals surface area contributed by atoms with Crippen LogP contribution in [0.4, 0.5) is 0 Å². The summed E-state index contributed by atoms with van der Waals surface area (Å²) in [5, 5.41) is -1.19. The number of aryl methyl sites for hydroxylation is 1. The van der Waals surface area contributed by atoms with Crippen LogP contribution in [0.25, 0.3) is 0 Å². The van der Waals surface area contributed by atoms with Gasteiger partial charge in [-0.05, 0) is 19.1 Å². The van der Waals surface area contributed by atoms with Gasteiger partial charge in [0.1, 0.15) is 5.38 Å². The van der Waals surface area contributed by atoms with Gasteiger partial charge in [-0.2, -0.15) is 0 Å². The monoisotopic (exact) mass is 276 g/mol. The highest BCUT2D eigenvalue weighted by atomic mass is 35.5. The van der Waals surface area contributed by atoms with Crippen molar-refractivity contribution in [2.75, 3.05) is 12.9 Å². The maximum atomic E-state index is 11.9. The van der Waals surface area contributed by atoms with Gasteiger partial charge in [0.05, 0.1) is 17.8 Å². The Morgan fingerprint density at radius 1 is 1.35 bits per heavy atom. The highest BCUT2D eigenvalue weighted by Gasteiger charge is 2.25. The van der Waals surface area contributed by atoms with Crippen LogP contribution < -0.4 is 0 Å². The summed E-state index contributed by atoms with van der Waals surface area (Å²) in [6.07, 6.45) is 0. The fraction of sp³-hybridized carbons (Fsp3) is 0.364. The van der Waals surface area contributed by atoms with Gasteiger partial charge in [-0.15, -0.1) is 11.6 Å². The standard InChI is InChI=1S/C11H13ClO4S/c1-8-3-5-9(6-4-8)17(14,15)7-10(12)11(13)16-2/h3-6,10H,7H2,1-2H3/t10-/m1/s1. The van der Waals surface area contributed by atoms with E-state index in [-0.39, 0.29) is 4.90 Å². The van der Waals surface area contributed by atoms with Crippen molar-refractivity contribution >= 4 is 27.4 Å². The molecule has 0 heterocycles. The lowest BCUT2D eigenvalue weighted by molar-refractivity contribution is -0.139. The Kier molecular flexibility index (Phi) is 4.54. The summed E-state index contributed by atoms with van der Waals surface area (Å²) < 4.78 is 28.1. The molecule has 1 rings (SSSR count). The first-order chi connectivity index (χ1) is 7.86. The first kappa shape index (κ1) is 14.0. The van der Waals surface area contributed by atoms with E-state index < -0.39 is 26.9 Å². The molecule has 6 heteroatoms. The van der Waals surface area contributed by atoms with Crippen LogP contribution in [-0.4, -0.2) is 32.6 Å². The molecule has 0 fully saturated rings. The van der Waals surface area contributed by atoms with Crippen molar-refractivity contribution in [1.29, 1.82) is 0 Å². The number of carbonyl (C=O) groups is 1. The van der Waals surface area contributed by atoms with E-state index in [2.05, 4.69) is 4.74 Å². The molecule has 17 heavy (non-hydrogen) atoms.